The molecule has 0 aliphatic carbocycles. The largest absolute Gasteiger partial charge is 0.476 e. The smallest absolute Gasteiger partial charge is 0.356 e. The maximum Gasteiger partial charge on any atom is 0.356 e. The van der Waals surface area contributed by atoms with E-state index < -0.39 is 11.8 Å². The van der Waals surface area contributed by atoms with Gasteiger partial charge in [0, 0.05) is 11.8 Å². The van der Waals surface area contributed by atoms with Crippen LogP contribution in [0.4, 0.5) is 4.39 Å². The van der Waals surface area contributed by atoms with E-state index >= 15 is 0 Å². The van der Waals surface area contributed by atoms with Crippen molar-refractivity contribution in [3.05, 3.63) is 60.4 Å². The number of carbonyl (C=O) groups is 1. The van der Waals surface area contributed by atoms with Gasteiger partial charge in [-0.3, -0.25) is 0 Å². The Hall–Kier alpha value is -2.89. The first-order valence-corrected chi connectivity index (χ1v) is 5.78. The van der Waals surface area contributed by atoms with E-state index in [0.29, 0.717) is 11.3 Å². The number of aromatic nitrogens is 2. The van der Waals surface area contributed by atoms with Crippen molar-refractivity contribution in [1.29, 1.82) is 0 Å². The third-order valence-corrected chi connectivity index (χ3v) is 2.81. The number of benzene rings is 1. The van der Waals surface area contributed by atoms with Gasteiger partial charge in [-0.15, -0.1) is 0 Å². The Labute approximate surface area is 112 Å². The molecule has 100 valence electrons. The van der Waals surface area contributed by atoms with Crippen LogP contribution in [0.2, 0.25) is 0 Å². The van der Waals surface area contributed by atoms with Crippen molar-refractivity contribution < 1.29 is 18.7 Å². The molecule has 0 aliphatic heterocycles. The van der Waals surface area contributed by atoms with Crippen molar-refractivity contribution in [2.45, 2.75) is 0 Å². The Balaban J connectivity index is 2.00. The molecule has 0 saturated heterocycles. The van der Waals surface area contributed by atoms with Crippen molar-refractivity contribution in [3.8, 4) is 17.0 Å². The third-order valence-electron chi connectivity index (χ3n) is 2.81. The molecule has 5 nitrogen and oxygen atoms in total. The molecule has 2 aromatic heterocycles. The van der Waals surface area contributed by atoms with Crippen LogP contribution in [0.25, 0.3) is 17.0 Å². The fourth-order valence-corrected chi connectivity index (χ4v) is 1.86. The minimum Gasteiger partial charge on any atom is -0.476 e. The average molecular weight is 272 g/mol. The predicted octanol–water partition coefficient (Wildman–Crippen LogP) is 2.97. The minimum absolute atomic E-state index is 0.139. The molecular weight excluding hydrogens is 263 g/mol. The van der Waals surface area contributed by atoms with Crippen LogP contribution in [0.15, 0.2) is 53.3 Å². The van der Waals surface area contributed by atoms with Crippen LogP contribution in [0.1, 0.15) is 10.5 Å². The standard InChI is InChI=1S/C14H9FN2O3/c15-10-8-9(13-2-1-7-20-13)3-4-12(10)17-6-5-11(16-17)14(18)19/h1-8H,(H,18,19). The molecule has 0 fully saturated rings. The molecule has 0 atom stereocenters. The second-order valence-corrected chi connectivity index (χ2v) is 4.09. The number of furan rings is 1. The highest BCUT2D eigenvalue weighted by atomic mass is 19.1. The van der Waals surface area contributed by atoms with Crippen molar-refractivity contribution in [2.24, 2.45) is 0 Å². The Bertz CT molecular complexity index is 763. The van der Waals surface area contributed by atoms with Crippen LogP contribution in [0, 0.1) is 5.82 Å². The SMILES string of the molecule is O=C(O)c1ccn(-c2ccc(-c3ccco3)cc2F)n1. The number of hydrogen-bond acceptors (Lipinski definition) is 3. The highest BCUT2D eigenvalue weighted by molar-refractivity contribution is 5.85. The zero-order chi connectivity index (χ0) is 14.1. The summed E-state index contributed by atoms with van der Waals surface area (Å²) in [5.74, 6) is -1.11. The van der Waals surface area contributed by atoms with E-state index in [1.165, 1.54) is 35.3 Å². The molecule has 0 amide bonds. The minimum atomic E-state index is -1.16. The average Bonchev–Trinajstić information content (AvgIpc) is 3.10. The molecule has 3 aromatic rings. The maximum absolute atomic E-state index is 14.1. The van der Waals surface area contributed by atoms with E-state index in [2.05, 4.69) is 5.10 Å². The quantitative estimate of drug-likeness (QED) is 0.795. The molecule has 6 heteroatoms. The van der Waals surface area contributed by atoms with Gasteiger partial charge >= 0.3 is 5.97 Å². The number of aromatic carboxylic acids is 1. The molecule has 0 aliphatic rings. The van der Waals surface area contributed by atoms with Crippen molar-refractivity contribution in [3.63, 3.8) is 0 Å². The fourth-order valence-electron chi connectivity index (χ4n) is 1.86. The lowest BCUT2D eigenvalue weighted by atomic mass is 10.1. The molecule has 0 saturated carbocycles. The van der Waals surface area contributed by atoms with E-state index in [1.807, 2.05) is 0 Å². The Morgan fingerprint density at radius 2 is 2.15 bits per heavy atom. The Kier molecular flexibility index (Phi) is 2.83. The van der Waals surface area contributed by atoms with Gasteiger partial charge in [0.15, 0.2) is 5.69 Å². The van der Waals surface area contributed by atoms with Crippen molar-refractivity contribution >= 4 is 5.97 Å². The molecule has 2 heterocycles. The summed E-state index contributed by atoms with van der Waals surface area (Å²) in [6.07, 6.45) is 2.90. The number of rotatable bonds is 3. The second kappa shape index (κ2) is 4.65. The third kappa shape index (κ3) is 2.07. The molecule has 20 heavy (non-hydrogen) atoms. The van der Waals surface area contributed by atoms with Gasteiger partial charge in [0.05, 0.1) is 6.26 Å². The highest BCUT2D eigenvalue weighted by Crippen LogP contribution is 2.23. The van der Waals surface area contributed by atoms with Gasteiger partial charge in [-0.25, -0.2) is 13.9 Å². The van der Waals surface area contributed by atoms with E-state index in [1.54, 1.807) is 18.2 Å². The van der Waals surface area contributed by atoms with E-state index in [0.717, 1.165) is 0 Å². The summed E-state index contributed by atoms with van der Waals surface area (Å²) in [5.41, 5.74) is 0.634. The zero-order valence-electron chi connectivity index (χ0n) is 10.2. The summed E-state index contributed by atoms with van der Waals surface area (Å²) < 4.78 is 20.5. The number of carboxylic acids is 1. The molecule has 3 rings (SSSR count). The molecular formula is C14H9FN2O3. The van der Waals surface area contributed by atoms with Crippen LogP contribution >= 0.6 is 0 Å². The van der Waals surface area contributed by atoms with Gasteiger partial charge in [0.25, 0.3) is 0 Å². The summed E-state index contributed by atoms with van der Waals surface area (Å²) in [6.45, 7) is 0. The number of halogens is 1. The zero-order valence-corrected chi connectivity index (χ0v) is 10.2. The monoisotopic (exact) mass is 272 g/mol. The van der Waals surface area contributed by atoms with Crippen LogP contribution in [0.3, 0.4) is 0 Å². The second-order valence-electron chi connectivity index (χ2n) is 4.09. The first-order chi connectivity index (χ1) is 9.65. The van der Waals surface area contributed by atoms with Crippen LogP contribution in [-0.4, -0.2) is 20.9 Å². The molecule has 1 aromatic carbocycles. The normalized spacial score (nSPS) is 10.7. The molecule has 1 N–H and O–H groups in total. The van der Waals surface area contributed by atoms with Crippen LogP contribution in [0.5, 0.6) is 0 Å². The highest BCUT2D eigenvalue weighted by Gasteiger charge is 2.12. The van der Waals surface area contributed by atoms with Gasteiger partial charge in [0.1, 0.15) is 17.3 Å². The summed E-state index contributed by atoms with van der Waals surface area (Å²) in [5, 5.41) is 12.6. The van der Waals surface area contributed by atoms with E-state index in [4.69, 9.17) is 9.52 Å². The van der Waals surface area contributed by atoms with Crippen molar-refractivity contribution in [1.82, 2.24) is 9.78 Å². The predicted molar refractivity (Wildman–Crippen MR) is 68.2 cm³/mol. The number of carboxylic acid groups (broad SMARTS) is 1. The van der Waals surface area contributed by atoms with Crippen molar-refractivity contribution in [2.75, 3.05) is 0 Å². The maximum atomic E-state index is 14.1. The summed E-state index contributed by atoms with van der Waals surface area (Å²) in [6, 6.07) is 9.27. The van der Waals surface area contributed by atoms with Gasteiger partial charge in [-0.05, 0) is 36.4 Å². The summed E-state index contributed by atoms with van der Waals surface area (Å²) >= 11 is 0. The van der Waals surface area contributed by atoms with E-state index in [-0.39, 0.29) is 11.4 Å². The summed E-state index contributed by atoms with van der Waals surface area (Å²) in [4.78, 5) is 10.8. The fraction of sp³-hybridized carbons (Fsp3) is 0. The number of hydrogen-bond donors (Lipinski definition) is 1. The van der Waals surface area contributed by atoms with Gasteiger partial charge < -0.3 is 9.52 Å². The first kappa shape index (κ1) is 12.2. The van der Waals surface area contributed by atoms with Gasteiger partial charge in [-0.1, -0.05) is 0 Å². The van der Waals surface area contributed by atoms with E-state index in [9.17, 15) is 9.18 Å². The van der Waals surface area contributed by atoms with Crippen LogP contribution in [-0.2, 0) is 0 Å². The summed E-state index contributed by atoms with van der Waals surface area (Å²) in [7, 11) is 0. The lowest BCUT2D eigenvalue weighted by Crippen LogP contribution is -2.02. The first-order valence-electron chi connectivity index (χ1n) is 5.78. The topological polar surface area (TPSA) is 68.3 Å². The lowest BCUT2D eigenvalue weighted by Gasteiger charge is -2.04. The van der Waals surface area contributed by atoms with Gasteiger partial charge in [-0.2, -0.15) is 5.10 Å². The van der Waals surface area contributed by atoms with Gasteiger partial charge in [0.2, 0.25) is 0 Å². The number of nitrogens with zero attached hydrogens (tertiary/aromatic N) is 2. The molecule has 0 unspecified atom stereocenters. The molecule has 0 spiro atoms. The van der Waals surface area contributed by atoms with Crippen LogP contribution < -0.4 is 0 Å². The Morgan fingerprint density at radius 1 is 1.30 bits per heavy atom. The molecule has 0 bridgehead atoms. The molecule has 0 radical (unpaired) electrons. The Morgan fingerprint density at radius 3 is 2.75 bits per heavy atom. The lowest BCUT2D eigenvalue weighted by molar-refractivity contribution is 0.0690.